The molecule has 19 heavy (non-hydrogen) atoms. The molecule has 1 heterocycles. The van der Waals surface area contributed by atoms with Gasteiger partial charge in [0.1, 0.15) is 12.1 Å². The van der Waals surface area contributed by atoms with Gasteiger partial charge in [-0.2, -0.15) is 0 Å². The fourth-order valence-electron chi connectivity index (χ4n) is 3.33. The molecule has 1 saturated heterocycles. The topological polar surface area (TPSA) is 49.4 Å². The Morgan fingerprint density at radius 3 is 2.37 bits per heavy atom. The highest BCUT2D eigenvalue weighted by Gasteiger charge is 2.48. The molecule has 1 aliphatic heterocycles. The van der Waals surface area contributed by atoms with E-state index in [1.807, 2.05) is 18.7 Å². The number of nitrogens with one attached hydrogen (secondary N) is 1. The summed E-state index contributed by atoms with van der Waals surface area (Å²) in [5.41, 5.74) is 0. The monoisotopic (exact) mass is 264 g/mol. The molecule has 3 rings (SSSR count). The summed E-state index contributed by atoms with van der Waals surface area (Å²) in [6.07, 6.45) is 5.87. The van der Waals surface area contributed by atoms with E-state index in [1.54, 1.807) is 0 Å². The van der Waals surface area contributed by atoms with Crippen LogP contribution >= 0.6 is 0 Å². The lowest BCUT2D eigenvalue weighted by Gasteiger charge is -2.43. The molecule has 2 aliphatic carbocycles. The van der Waals surface area contributed by atoms with Crippen molar-refractivity contribution in [1.82, 2.24) is 10.2 Å². The van der Waals surface area contributed by atoms with E-state index >= 15 is 0 Å². The third-order valence-electron chi connectivity index (χ3n) is 4.86. The number of nitrogens with zero attached hydrogens (tertiary/aromatic N) is 1. The second kappa shape index (κ2) is 4.80. The fraction of sp³-hybridized carbons (Fsp3) is 0.867. The van der Waals surface area contributed by atoms with Crippen LogP contribution < -0.4 is 5.32 Å². The molecule has 2 atom stereocenters. The standard InChI is InChI=1S/C15H24N2O2/c1-9(2)13-14(18)16-12(11-6-7-11)15(19)17(13)8-10-4-3-5-10/h9-13H,3-8H2,1-2H3,(H,16,18). The number of rotatable bonds is 4. The molecule has 2 amide bonds. The Kier molecular flexibility index (Phi) is 3.27. The smallest absolute Gasteiger partial charge is 0.246 e. The van der Waals surface area contributed by atoms with Crippen LogP contribution in [0, 0.1) is 17.8 Å². The third-order valence-corrected chi connectivity index (χ3v) is 4.86. The average Bonchev–Trinajstić information content (AvgIpc) is 3.10. The first kappa shape index (κ1) is 12.9. The second-order valence-electron chi connectivity index (χ2n) is 6.80. The zero-order valence-corrected chi connectivity index (χ0v) is 11.9. The summed E-state index contributed by atoms with van der Waals surface area (Å²) < 4.78 is 0. The van der Waals surface area contributed by atoms with Crippen LogP contribution in [0.5, 0.6) is 0 Å². The van der Waals surface area contributed by atoms with E-state index in [2.05, 4.69) is 5.32 Å². The lowest BCUT2D eigenvalue weighted by molar-refractivity contribution is -0.153. The first-order chi connectivity index (χ1) is 9.08. The summed E-state index contributed by atoms with van der Waals surface area (Å²) in [7, 11) is 0. The minimum atomic E-state index is -0.261. The molecule has 0 aromatic rings. The maximum Gasteiger partial charge on any atom is 0.246 e. The predicted molar refractivity (Wildman–Crippen MR) is 72.3 cm³/mol. The van der Waals surface area contributed by atoms with Crippen molar-refractivity contribution < 1.29 is 9.59 Å². The predicted octanol–water partition coefficient (Wildman–Crippen LogP) is 1.55. The molecular weight excluding hydrogens is 240 g/mol. The average molecular weight is 264 g/mol. The van der Waals surface area contributed by atoms with E-state index in [1.165, 1.54) is 19.3 Å². The summed E-state index contributed by atoms with van der Waals surface area (Å²) in [5, 5.41) is 2.97. The van der Waals surface area contributed by atoms with Gasteiger partial charge in [-0.1, -0.05) is 20.3 Å². The zero-order valence-electron chi connectivity index (χ0n) is 11.9. The lowest BCUT2D eigenvalue weighted by Crippen LogP contribution is -2.66. The molecule has 0 radical (unpaired) electrons. The van der Waals surface area contributed by atoms with Crippen molar-refractivity contribution in [2.24, 2.45) is 17.8 Å². The van der Waals surface area contributed by atoms with Gasteiger partial charge < -0.3 is 10.2 Å². The minimum Gasteiger partial charge on any atom is -0.342 e. The van der Waals surface area contributed by atoms with Gasteiger partial charge in [-0.05, 0) is 43.4 Å². The highest BCUT2D eigenvalue weighted by atomic mass is 16.2. The number of hydrogen-bond donors (Lipinski definition) is 1. The van der Waals surface area contributed by atoms with Gasteiger partial charge in [-0.3, -0.25) is 9.59 Å². The van der Waals surface area contributed by atoms with Gasteiger partial charge in [0.25, 0.3) is 0 Å². The van der Waals surface area contributed by atoms with Crippen molar-refractivity contribution in [2.75, 3.05) is 6.54 Å². The largest absolute Gasteiger partial charge is 0.342 e. The summed E-state index contributed by atoms with van der Waals surface area (Å²) >= 11 is 0. The molecule has 2 saturated carbocycles. The summed E-state index contributed by atoms with van der Waals surface area (Å²) in [4.78, 5) is 26.9. The van der Waals surface area contributed by atoms with E-state index in [4.69, 9.17) is 0 Å². The first-order valence-corrected chi connectivity index (χ1v) is 7.68. The van der Waals surface area contributed by atoms with E-state index in [-0.39, 0.29) is 29.8 Å². The summed E-state index contributed by atoms with van der Waals surface area (Å²) in [6, 6.07) is -0.495. The van der Waals surface area contributed by atoms with Crippen LogP contribution in [0.15, 0.2) is 0 Å². The number of piperazine rings is 1. The molecule has 2 unspecified atom stereocenters. The maximum atomic E-state index is 12.7. The second-order valence-corrected chi connectivity index (χ2v) is 6.80. The Labute approximate surface area is 114 Å². The Bertz CT molecular complexity index is 386. The van der Waals surface area contributed by atoms with Crippen LogP contribution in [0.1, 0.15) is 46.0 Å². The molecule has 4 heteroatoms. The van der Waals surface area contributed by atoms with Crippen molar-refractivity contribution in [2.45, 2.75) is 58.0 Å². The van der Waals surface area contributed by atoms with E-state index in [9.17, 15) is 9.59 Å². The molecule has 4 nitrogen and oxygen atoms in total. The van der Waals surface area contributed by atoms with E-state index < -0.39 is 0 Å². The van der Waals surface area contributed by atoms with Gasteiger partial charge in [0.05, 0.1) is 0 Å². The van der Waals surface area contributed by atoms with Gasteiger partial charge in [-0.25, -0.2) is 0 Å². The highest BCUT2D eigenvalue weighted by Crippen LogP contribution is 2.37. The van der Waals surface area contributed by atoms with Crippen LogP contribution in [0.3, 0.4) is 0 Å². The van der Waals surface area contributed by atoms with Gasteiger partial charge in [-0.15, -0.1) is 0 Å². The highest BCUT2D eigenvalue weighted by molar-refractivity contribution is 5.97. The Hall–Kier alpha value is -1.06. The summed E-state index contributed by atoms with van der Waals surface area (Å²) in [5.74, 6) is 1.44. The van der Waals surface area contributed by atoms with E-state index in [0.717, 1.165) is 19.4 Å². The van der Waals surface area contributed by atoms with Crippen molar-refractivity contribution in [3.05, 3.63) is 0 Å². The quantitative estimate of drug-likeness (QED) is 0.837. The molecule has 106 valence electrons. The normalized spacial score (nSPS) is 32.5. The van der Waals surface area contributed by atoms with Crippen LogP contribution in [0.2, 0.25) is 0 Å². The number of hydrogen-bond acceptors (Lipinski definition) is 2. The van der Waals surface area contributed by atoms with Crippen molar-refractivity contribution in [3.63, 3.8) is 0 Å². The molecule has 0 aromatic heterocycles. The maximum absolute atomic E-state index is 12.7. The SMILES string of the molecule is CC(C)C1C(=O)NC(C2CC2)C(=O)N1CC1CCC1. The Morgan fingerprint density at radius 1 is 1.21 bits per heavy atom. The number of carbonyl (C=O) groups is 2. The van der Waals surface area contributed by atoms with Crippen molar-refractivity contribution in [1.29, 1.82) is 0 Å². The van der Waals surface area contributed by atoms with Crippen molar-refractivity contribution in [3.8, 4) is 0 Å². The van der Waals surface area contributed by atoms with Gasteiger partial charge >= 0.3 is 0 Å². The zero-order chi connectivity index (χ0) is 13.6. The molecular formula is C15H24N2O2. The van der Waals surface area contributed by atoms with Gasteiger partial charge in [0, 0.05) is 6.54 Å². The Balaban J connectivity index is 1.78. The fourth-order valence-corrected chi connectivity index (χ4v) is 3.33. The van der Waals surface area contributed by atoms with Crippen LogP contribution in [0.4, 0.5) is 0 Å². The summed E-state index contributed by atoms with van der Waals surface area (Å²) in [6.45, 7) is 4.85. The third kappa shape index (κ3) is 2.37. The molecule has 3 fully saturated rings. The Morgan fingerprint density at radius 2 is 1.89 bits per heavy atom. The van der Waals surface area contributed by atoms with Crippen molar-refractivity contribution >= 4 is 11.8 Å². The van der Waals surface area contributed by atoms with Gasteiger partial charge in [0.15, 0.2) is 0 Å². The number of carbonyl (C=O) groups excluding carboxylic acids is 2. The molecule has 0 spiro atoms. The molecule has 0 aromatic carbocycles. The lowest BCUT2D eigenvalue weighted by atomic mass is 9.83. The van der Waals surface area contributed by atoms with E-state index in [0.29, 0.717) is 11.8 Å². The first-order valence-electron chi connectivity index (χ1n) is 7.68. The molecule has 1 N–H and O–H groups in total. The van der Waals surface area contributed by atoms with Gasteiger partial charge in [0.2, 0.25) is 11.8 Å². The molecule has 3 aliphatic rings. The number of amides is 2. The minimum absolute atomic E-state index is 0.0609. The van der Waals surface area contributed by atoms with Crippen LogP contribution in [-0.2, 0) is 9.59 Å². The van der Waals surface area contributed by atoms with Crippen LogP contribution in [0.25, 0.3) is 0 Å². The van der Waals surface area contributed by atoms with Crippen LogP contribution in [-0.4, -0.2) is 35.3 Å². The molecule has 0 bridgehead atoms.